The lowest BCUT2D eigenvalue weighted by Crippen LogP contribution is -2.28. The van der Waals surface area contributed by atoms with Crippen molar-refractivity contribution >= 4 is 34.4 Å². The van der Waals surface area contributed by atoms with Crippen LogP contribution < -0.4 is 15.9 Å². The molecule has 0 N–H and O–H groups in total. The van der Waals surface area contributed by atoms with Crippen LogP contribution in [0.3, 0.4) is 0 Å². The van der Waals surface area contributed by atoms with Gasteiger partial charge < -0.3 is 0 Å². The monoisotopic (exact) mass is 388 g/mol. The van der Waals surface area contributed by atoms with E-state index in [1.165, 1.54) is 28.8 Å². The Hall–Kier alpha value is -2.37. The van der Waals surface area contributed by atoms with Crippen LogP contribution in [-0.4, -0.2) is 11.6 Å². The van der Waals surface area contributed by atoms with E-state index in [4.69, 9.17) is 0 Å². The van der Waals surface area contributed by atoms with Gasteiger partial charge in [0.2, 0.25) is 0 Å². The third kappa shape index (κ3) is 4.72. The minimum absolute atomic E-state index is 0.265. The predicted octanol–water partition coefficient (Wildman–Crippen LogP) is 5.32. The van der Waals surface area contributed by atoms with E-state index in [0.717, 1.165) is 12.8 Å². The summed E-state index contributed by atoms with van der Waals surface area (Å²) in [7, 11) is 0. The second-order valence-corrected chi connectivity index (χ2v) is 10.4. The first-order chi connectivity index (χ1) is 13.8. The molecule has 0 saturated carbocycles. The minimum atomic E-state index is -2.14. The fraction of sp³-hybridized carbons (Fsp3) is 0.231. The SMILES string of the molecule is CCCCCCC(=O)C=P(c1ccccc1)(c1ccccc1)c1ccccc1. The Morgan fingerprint density at radius 3 is 1.50 bits per heavy atom. The number of Topliss-reactive ketones (excluding diaryl/α,β-unsaturated/α-hetero) is 1. The van der Waals surface area contributed by atoms with Gasteiger partial charge in [-0.15, -0.1) is 0 Å². The smallest absolute Gasteiger partial charge is 0.156 e. The van der Waals surface area contributed by atoms with Gasteiger partial charge in [0.1, 0.15) is 0 Å². The number of unbranched alkanes of at least 4 members (excludes halogenated alkanes) is 3. The first kappa shape index (κ1) is 20.4. The largest absolute Gasteiger partial charge is 0.295 e. The summed E-state index contributed by atoms with van der Waals surface area (Å²) in [4.78, 5) is 13.1. The first-order valence-electron chi connectivity index (χ1n) is 10.2. The highest BCUT2D eigenvalue weighted by Gasteiger charge is 2.25. The standard InChI is InChI=1S/C26H29OP/c1-2-3-4-8-15-23(27)22-28(24-16-9-5-10-17-24,25-18-11-6-12-19-25)26-20-13-7-14-21-26/h5-7,9-14,16-22H,2-4,8,15H2,1H3. The number of benzene rings is 3. The van der Waals surface area contributed by atoms with E-state index < -0.39 is 6.89 Å². The fourth-order valence-electron chi connectivity index (χ4n) is 3.67. The molecule has 28 heavy (non-hydrogen) atoms. The summed E-state index contributed by atoms with van der Waals surface area (Å²) in [6.45, 7) is 0.0596. The van der Waals surface area contributed by atoms with Crippen LogP contribution in [0, 0.1) is 0 Å². The second-order valence-electron chi connectivity index (χ2n) is 7.14. The van der Waals surface area contributed by atoms with Crippen molar-refractivity contribution in [3.05, 3.63) is 91.0 Å². The quantitative estimate of drug-likeness (QED) is 0.358. The first-order valence-corrected chi connectivity index (χ1v) is 12.1. The Kier molecular flexibility index (Phi) is 7.46. The van der Waals surface area contributed by atoms with Crippen molar-refractivity contribution < 1.29 is 4.79 Å². The average Bonchev–Trinajstić information content (AvgIpc) is 2.77. The molecule has 0 fully saturated rings. The number of hydrogen-bond donors (Lipinski definition) is 0. The fourth-order valence-corrected chi connectivity index (χ4v) is 7.50. The van der Waals surface area contributed by atoms with Gasteiger partial charge in [0.05, 0.1) is 0 Å². The molecule has 0 spiro atoms. The molecular weight excluding hydrogens is 359 g/mol. The topological polar surface area (TPSA) is 17.1 Å². The van der Waals surface area contributed by atoms with Crippen molar-refractivity contribution in [3.63, 3.8) is 0 Å². The van der Waals surface area contributed by atoms with Gasteiger partial charge in [-0.3, -0.25) is 4.79 Å². The third-order valence-electron chi connectivity index (χ3n) is 5.10. The van der Waals surface area contributed by atoms with Gasteiger partial charge in [-0.2, -0.15) is 0 Å². The van der Waals surface area contributed by atoms with Gasteiger partial charge in [-0.25, -0.2) is 0 Å². The zero-order valence-corrected chi connectivity index (χ0v) is 17.5. The Labute approximate surface area is 169 Å². The highest BCUT2D eigenvalue weighted by molar-refractivity contribution is 7.95. The molecule has 0 amide bonds. The molecular formula is C26H29OP. The van der Waals surface area contributed by atoms with E-state index in [1.54, 1.807) is 0 Å². The predicted molar refractivity (Wildman–Crippen MR) is 125 cm³/mol. The number of rotatable bonds is 9. The van der Waals surface area contributed by atoms with Gasteiger partial charge in [0.25, 0.3) is 0 Å². The van der Waals surface area contributed by atoms with Crippen LogP contribution in [0.1, 0.15) is 39.0 Å². The molecule has 3 aromatic rings. The summed E-state index contributed by atoms with van der Waals surface area (Å²) in [5.41, 5.74) is 0. The number of hydrogen-bond acceptors (Lipinski definition) is 1. The summed E-state index contributed by atoms with van der Waals surface area (Å²) >= 11 is 0. The lowest BCUT2D eigenvalue weighted by atomic mass is 10.1. The molecule has 0 aliphatic rings. The van der Waals surface area contributed by atoms with Crippen LogP contribution in [0.4, 0.5) is 0 Å². The van der Waals surface area contributed by atoms with Crippen LogP contribution in [0.25, 0.3) is 0 Å². The highest BCUT2D eigenvalue weighted by atomic mass is 31.2. The van der Waals surface area contributed by atoms with Crippen LogP contribution in [0.15, 0.2) is 91.0 Å². The molecule has 0 bridgehead atoms. The normalized spacial score (nSPS) is 11.2. The maximum Gasteiger partial charge on any atom is 0.156 e. The Balaban J connectivity index is 2.17. The van der Waals surface area contributed by atoms with Crippen molar-refractivity contribution in [3.8, 4) is 0 Å². The molecule has 3 rings (SSSR count). The Morgan fingerprint density at radius 1 is 0.679 bits per heavy atom. The van der Waals surface area contributed by atoms with E-state index in [1.807, 2.05) is 18.2 Å². The molecule has 0 aromatic heterocycles. The van der Waals surface area contributed by atoms with Crippen LogP contribution >= 0.6 is 6.89 Å². The third-order valence-corrected chi connectivity index (χ3v) is 9.12. The molecule has 2 heteroatoms. The van der Waals surface area contributed by atoms with Crippen molar-refractivity contribution in [2.24, 2.45) is 0 Å². The number of carbonyl (C=O) groups excluding carboxylic acids is 1. The van der Waals surface area contributed by atoms with E-state index in [0.29, 0.717) is 6.42 Å². The Bertz CT molecular complexity index is 811. The highest BCUT2D eigenvalue weighted by Crippen LogP contribution is 2.43. The average molecular weight is 388 g/mol. The van der Waals surface area contributed by atoms with Gasteiger partial charge in [0.15, 0.2) is 5.78 Å². The summed E-state index contributed by atoms with van der Waals surface area (Å²) in [5, 5.41) is 3.69. The van der Waals surface area contributed by atoms with Crippen molar-refractivity contribution in [2.75, 3.05) is 0 Å². The molecule has 144 valence electrons. The molecule has 0 aliphatic carbocycles. The molecule has 0 saturated heterocycles. The molecule has 0 atom stereocenters. The minimum Gasteiger partial charge on any atom is -0.295 e. The maximum absolute atomic E-state index is 13.1. The second kappa shape index (κ2) is 10.2. The van der Waals surface area contributed by atoms with E-state index >= 15 is 0 Å². The summed E-state index contributed by atoms with van der Waals surface area (Å²) in [6.07, 6.45) is 5.12. The lowest BCUT2D eigenvalue weighted by molar-refractivity contribution is -0.112. The summed E-state index contributed by atoms with van der Waals surface area (Å²) < 4.78 is 0. The van der Waals surface area contributed by atoms with Crippen molar-refractivity contribution in [2.45, 2.75) is 39.0 Å². The van der Waals surface area contributed by atoms with Crippen LogP contribution in [0.5, 0.6) is 0 Å². The van der Waals surface area contributed by atoms with Gasteiger partial charge >= 0.3 is 0 Å². The van der Waals surface area contributed by atoms with Gasteiger partial charge in [-0.1, -0.05) is 117 Å². The molecule has 0 aliphatic heterocycles. The molecule has 0 heterocycles. The maximum atomic E-state index is 13.1. The van der Waals surface area contributed by atoms with E-state index in [9.17, 15) is 4.79 Å². The lowest BCUT2D eigenvalue weighted by Gasteiger charge is -2.28. The number of ketones is 1. The van der Waals surface area contributed by atoms with Gasteiger partial charge in [-0.05, 0) is 35.0 Å². The van der Waals surface area contributed by atoms with Crippen LogP contribution in [-0.2, 0) is 4.79 Å². The molecule has 0 unspecified atom stereocenters. The summed E-state index contributed by atoms with van der Waals surface area (Å²) in [5.74, 6) is 2.33. The van der Waals surface area contributed by atoms with Crippen molar-refractivity contribution in [1.29, 1.82) is 0 Å². The molecule has 3 aromatic carbocycles. The zero-order chi connectivity index (χ0) is 19.7. The van der Waals surface area contributed by atoms with Crippen LogP contribution in [0.2, 0.25) is 0 Å². The number of carbonyl (C=O) groups is 1. The van der Waals surface area contributed by atoms with E-state index in [-0.39, 0.29) is 5.78 Å². The Morgan fingerprint density at radius 2 is 1.11 bits per heavy atom. The molecule has 0 radical (unpaired) electrons. The molecule has 1 nitrogen and oxygen atoms in total. The summed E-state index contributed by atoms with van der Waals surface area (Å²) in [6, 6.07) is 31.7. The zero-order valence-electron chi connectivity index (χ0n) is 16.6. The van der Waals surface area contributed by atoms with E-state index in [2.05, 4.69) is 85.5 Å². The van der Waals surface area contributed by atoms with Gasteiger partial charge in [0, 0.05) is 6.42 Å². The van der Waals surface area contributed by atoms with Crippen molar-refractivity contribution in [1.82, 2.24) is 0 Å².